The van der Waals surface area contributed by atoms with Crippen molar-refractivity contribution in [3.63, 3.8) is 0 Å². The molecular weight excluding hydrogens is 418 g/mol. The Morgan fingerprint density at radius 3 is 2.59 bits per heavy atom. The van der Waals surface area contributed by atoms with Gasteiger partial charge in [-0.25, -0.2) is 4.98 Å². The molecule has 1 aliphatic heterocycles. The largest absolute Gasteiger partial charge is 0.340 e. The number of aryl methyl sites for hydroxylation is 1. The number of nitrogens with one attached hydrogen (secondary N) is 1. The van der Waals surface area contributed by atoms with Gasteiger partial charge in [0.2, 0.25) is 0 Å². The third kappa shape index (κ3) is 4.01. The maximum Gasteiger partial charge on any atom is 0.260 e. The van der Waals surface area contributed by atoms with Crippen LogP contribution in [0.4, 0.5) is 17.2 Å². The van der Waals surface area contributed by atoms with Crippen LogP contribution in [0, 0.1) is 41.4 Å². The Balaban J connectivity index is 1.78. The molecule has 3 aromatic rings. The Morgan fingerprint density at radius 2 is 1.88 bits per heavy atom. The number of aromatic nitrogens is 1. The second-order valence-electron chi connectivity index (χ2n) is 7.05. The fourth-order valence-electron chi connectivity index (χ4n) is 3.34. The van der Waals surface area contributed by atoms with Crippen LogP contribution in [-0.2, 0) is 0 Å². The van der Waals surface area contributed by atoms with Crippen LogP contribution in [0.1, 0.15) is 34.0 Å². The normalized spacial score (nSPS) is 11.8. The van der Waals surface area contributed by atoms with Crippen LogP contribution in [0.2, 0.25) is 0 Å². The summed E-state index contributed by atoms with van der Waals surface area (Å²) in [6.45, 7) is 3.90. The SMILES string of the molecule is CC#CCN1C(=O)c2ccc(C#N)cc2Sc2cc(Nc3ncc(C#N)cc3C)ccc21. The van der Waals surface area contributed by atoms with Crippen molar-refractivity contribution in [2.45, 2.75) is 23.6 Å². The maximum absolute atomic E-state index is 13.3. The van der Waals surface area contributed by atoms with Crippen molar-refractivity contribution >= 4 is 34.9 Å². The van der Waals surface area contributed by atoms with E-state index in [1.165, 1.54) is 18.0 Å². The molecule has 0 saturated carbocycles. The molecule has 0 bridgehead atoms. The van der Waals surface area contributed by atoms with E-state index in [-0.39, 0.29) is 12.5 Å². The van der Waals surface area contributed by atoms with Crippen LogP contribution in [0.5, 0.6) is 0 Å². The van der Waals surface area contributed by atoms with Crippen molar-refractivity contribution in [2.75, 3.05) is 16.8 Å². The number of nitriles is 2. The van der Waals surface area contributed by atoms with Crippen molar-refractivity contribution < 1.29 is 4.79 Å². The zero-order valence-corrected chi connectivity index (χ0v) is 18.2. The molecule has 0 spiro atoms. The zero-order valence-electron chi connectivity index (χ0n) is 17.4. The minimum absolute atomic E-state index is 0.149. The summed E-state index contributed by atoms with van der Waals surface area (Å²) in [5.41, 5.74) is 3.95. The number of rotatable bonds is 3. The highest BCUT2D eigenvalue weighted by Crippen LogP contribution is 2.43. The average Bonchev–Trinajstić information content (AvgIpc) is 2.92. The fraction of sp³-hybridized carbons (Fsp3) is 0.120. The van der Waals surface area contributed by atoms with E-state index < -0.39 is 0 Å². The van der Waals surface area contributed by atoms with Crippen LogP contribution < -0.4 is 10.2 Å². The molecule has 0 saturated heterocycles. The van der Waals surface area contributed by atoms with Gasteiger partial charge in [-0.15, -0.1) is 5.92 Å². The predicted octanol–water partition coefficient (Wildman–Crippen LogP) is 5.01. The summed E-state index contributed by atoms with van der Waals surface area (Å²) in [5.74, 6) is 6.34. The van der Waals surface area contributed by atoms with Gasteiger partial charge in [0.05, 0.1) is 35.0 Å². The smallest absolute Gasteiger partial charge is 0.260 e. The first-order chi connectivity index (χ1) is 15.5. The van der Waals surface area contributed by atoms with E-state index >= 15 is 0 Å². The average molecular weight is 436 g/mol. The van der Waals surface area contributed by atoms with Gasteiger partial charge in [0.25, 0.3) is 5.91 Å². The second-order valence-corrected chi connectivity index (χ2v) is 8.14. The van der Waals surface area contributed by atoms with Crippen LogP contribution in [0.25, 0.3) is 0 Å². The molecule has 0 unspecified atom stereocenters. The Bertz CT molecular complexity index is 1390. The lowest BCUT2D eigenvalue weighted by molar-refractivity contribution is 0.0987. The number of fused-ring (bicyclic) bond motifs is 2. The molecule has 6 nitrogen and oxygen atoms in total. The number of hydrogen-bond acceptors (Lipinski definition) is 6. The van der Waals surface area contributed by atoms with E-state index in [1.54, 1.807) is 36.1 Å². The summed E-state index contributed by atoms with van der Waals surface area (Å²) in [6.07, 6.45) is 1.52. The van der Waals surface area contributed by atoms with Crippen LogP contribution in [0.15, 0.2) is 58.5 Å². The zero-order chi connectivity index (χ0) is 22.7. The number of pyridine rings is 1. The molecule has 4 rings (SSSR count). The Hall–Kier alpha value is -4.25. The first kappa shape index (κ1) is 21.0. The lowest BCUT2D eigenvalue weighted by Crippen LogP contribution is -2.31. The summed E-state index contributed by atoms with van der Waals surface area (Å²) in [6, 6.07) is 16.8. The third-order valence-corrected chi connectivity index (χ3v) is 6.05. The maximum atomic E-state index is 13.3. The standard InChI is InChI=1S/C25H17N5OS/c1-3-4-9-30-21-8-6-19(29-24-16(2)10-18(14-27)15-28-24)12-23(21)32-22-11-17(13-26)5-7-20(22)25(30)31/h5-8,10-12,15H,9H2,1-2H3,(H,28,29). The van der Waals surface area contributed by atoms with E-state index in [2.05, 4.69) is 34.3 Å². The van der Waals surface area contributed by atoms with Gasteiger partial charge in [0.15, 0.2) is 0 Å². The van der Waals surface area contributed by atoms with Crippen molar-refractivity contribution in [3.05, 3.63) is 70.9 Å². The van der Waals surface area contributed by atoms with Crippen molar-refractivity contribution in [2.24, 2.45) is 0 Å². The van der Waals surface area contributed by atoms with E-state index in [0.29, 0.717) is 22.5 Å². The molecule has 0 atom stereocenters. The number of nitrogens with zero attached hydrogens (tertiary/aromatic N) is 4. The second kappa shape index (κ2) is 8.86. The van der Waals surface area contributed by atoms with Crippen molar-refractivity contribution in [1.29, 1.82) is 10.5 Å². The molecule has 2 aromatic carbocycles. The van der Waals surface area contributed by atoms with Gasteiger partial charge in [-0.05, 0) is 61.9 Å². The highest BCUT2D eigenvalue weighted by atomic mass is 32.2. The van der Waals surface area contributed by atoms with Gasteiger partial charge in [-0.2, -0.15) is 10.5 Å². The molecular formula is C25H17N5OS. The number of hydrogen-bond donors (Lipinski definition) is 1. The molecule has 0 fully saturated rings. The van der Waals surface area contributed by atoms with Gasteiger partial charge in [0.1, 0.15) is 11.9 Å². The first-order valence-corrected chi connectivity index (χ1v) is 10.6. The number of carbonyl (C=O) groups excluding carboxylic acids is 1. The highest BCUT2D eigenvalue weighted by Gasteiger charge is 2.27. The van der Waals surface area contributed by atoms with E-state index in [4.69, 9.17) is 5.26 Å². The third-order valence-electron chi connectivity index (χ3n) is 4.94. The van der Waals surface area contributed by atoms with E-state index in [0.717, 1.165) is 26.7 Å². The molecule has 1 amide bonds. The first-order valence-electron chi connectivity index (χ1n) is 9.75. The molecule has 32 heavy (non-hydrogen) atoms. The Kier molecular flexibility index (Phi) is 5.81. The minimum Gasteiger partial charge on any atom is -0.340 e. The topological polar surface area (TPSA) is 92.8 Å². The van der Waals surface area contributed by atoms with Gasteiger partial charge < -0.3 is 5.32 Å². The summed E-state index contributed by atoms with van der Waals surface area (Å²) in [5, 5.41) is 21.6. The minimum atomic E-state index is -0.149. The summed E-state index contributed by atoms with van der Waals surface area (Å²) >= 11 is 1.44. The van der Waals surface area contributed by atoms with Crippen LogP contribution >= 0.6 is 11.8 Å². The molecule has 154 valence electrons. The van der Waals surface area contributed by atoms with Gasteiger partial charge in [-0.1, -0.05) is 17.7 Å². The summed E-state index contributed by atoms with van der Waals surface area (Å²) in [4.78, 5) is 20.9. The van der Waals surface area contributed by atoms with Gasteiger partial charge in [-0.3, -0.25) is 9.69 Å². The lowest BCUT2D eigenvalue weighted by atomic mass is 10.1. The molecule has 1 aliphatic rings. The lowest BCUT2D eigenvalue weighted by Gasteiger charge is -2.21. The molecule has 0 radical (unpaired) electrons. The fourth-order valence-corrected chi connectivity index (χ4v) is 4.50. The molecule has 0 aliphatic carbocycles. The van der Waals surface area contributed by atoms with Gasteiger partial charge in [0, 0.05) is 21.7 Å². The highest BCUT2D eigenvalue weighted by molar-refractivity contribution is 7.99. The predicted molar refractivity (Wildman–Crippen MR) is 124 cm³/mol. The number of carbonyl (C=O) groups is 1. The van der Waals surface area contributed by atoms with Crippen LogP contribution in [-0.4, -0.2) is 17.4 Å². The summed E-state index contributed by atoms with van der Waals surface area (Å²) < 4.78 is 0. The monoisotopic (exact) mass is 435 g/mol. The quantitative estimate of drug-likeness (QED) is 0.581. The van der Waals surface area contributed by atoms with Crippen molar-refractivity contribution in [3.8, 4) is 24.0 Å². The van der Waals surface area contributed by atoms with Crippen LogP contribution in [0.3, 0.4) is 0 Å². The Morgan fingerprint density at radius 1 is 1.06 bits per heavy atom. The number of anilines is 3. The molecule has 2 heterocycles. The van der Waals surface area contributed by atoms with Crippen molar-refractivity contribution in [1.82, 2.24) is 4.98 Å². The number of amides is 1. The van der Waals surface area contributed by atoms with E-state index in [1.807, 2.05) is 25.1 Å². The Labute approximate surface area is 190 Å². The molecule has 1 aromatic heterocycles. The van der Waals surface area contributed by atoms with E-state index in [9.17, 15) is 10.1 Å². The number of benzene rings is 2. The summed E-state index contributed by atoms with van der Waals surface area (Å²) in [7, 11) is 0. The van der Waals surface area contributed by atoms with Gasteiger partial charge >= 0.3 is 0 Å². The molecule has 1 N–H and O–H groups in total. The molecule has 7 heteroatoms.